The van der Waals surface area contributed by atoms with Gasteiger partial charge in [0.1, 0.15) is 0 Å². The fourth-order valence-electron chi connectivity index (χ4n) is 1.18. The largest absolute Gasteiger partial charge is 0.379 e. The lowest BCUT2D eigenvalue weighted by molar-refractivity contribution is -0.243. The van der Waals surface area contributed by atoms with Crippen LogP contribution in [0.4, 0.5) is 0 Å². The summed E-state index contributed by atoms with van der Waals surface area (Å²) in [6.07, 6.45) is 0.885. The van der Waals surface area contributed by atoms with Gasteiger partial charge in [0.05, 0.1) is 19.8 Å². The highest BCUT2D eigenvalue weighted by atomic mass is 17.1. The molecule has 1 aliphatic heterocycles. The first-order valence-electron chi connectivity index (χ1n) is 4.00. The number of ether oxygens (including phenoxy) is 1. The summed E-state index contributed by atoms with van der Waals surface area (Å²) in [6.45, 7) is 5.10. The third kappa shape index (κ3) is 3.67. The lowest BCUT2D eigenvalue weighted by atomic mass is 10.3. The number of morpholine rings is 1. The van der Waals surface area contributed by atoms with Crippen molar-refractivity contribution < 1.29 is 14.9 Å². The van der Waals surface area contributed by atoms with E-state index in [-0.39, 0.29) is 0 Å². The zero-order chi connectivity index (χ0) is 7.94. The minimum absolute atomic E-state index is 0.428. The summed E-state index contributed by atoms with van der Waals surface area (Å²) in [7, 11) is 0. The normalized spacial score (nSPS) is 20.5. The van der Waals surface area contributed by atoms with Crippen molar-refractivity contribution in [2.24, 2.45) is 0 Å². The topological polar surface area (TPSA) is 41.9 Å². The highest BCUT2D eigenvalue weighted by Gasteiger charge is 2.08. The van der Waals surface area contributed by atoms with Crippen LogP contribution in [0.15, 0.2) is 0 Å². The second-order valence-electron chi connectivity index (χ2n) is 2.64. The van der Waals surface area contributed by atoms with E-state index in [4.69, 9.17) is 9.99 Å². The van der Waals surface area contributed by atoms with Crippen molar-refractivity contribution in [3.63, 3.8) is 0 Å². The van der Waals surface area contributed by atoms with E-state index in [9.17, 15) is 0 Å². The molecule has 0 aliphatic carbocycles. The molecular weight excluding hydrogens is 146 g/mol. The van der Waals surface area contributed by atoms with E-state index < -0.39 is 0 Å². The van der Waals surface area contributed by atoms with Gasteiger partial charge in [0.2, 0.25) is 0 Å². The van der Waals surface area contributed by atoms with Gasteiger partial charge >= 0.3 is 0 Å². The summed E-state index contributed by atoms with van der Waals surface area (Å²) >= 11 is 0. The average Bonchev–Trinajstić information content (AvgIpc) is 2.07. The van der Waals surface area contributed by atoms with Crippen molar-refractivity contribution in [3.8, 4) is 0 Å². The molecule has 4 heteroatoms. The van der Waals surface area contributed by atoms with Crippen LogP contribution in [0.5, 0.6) is 0 Å². The van der Waals surface area contributed by atoms with E-state index in [0.29, 0.717) is 6.61 Å². The molecule has 0 aromatic carbocycles. The molecule has 0 atom stereocenters. The Hall–Kier alpha value is -0.160. The molecule has 0 bridgehead atoms. The Balaban J connectivity index is 1.96. The van der Waals surface area contributed by atoms with E-state index in [1.807, 2.05) is 0 Å². The zero-order valence-corrected chi connectivity index (χ0v) is 6.66. The molecule has 0 radical (unpaired) electrons. The lowest BCUT2D eigenvalue weighted by Gasteiger charge is -2.26. The summed E-state index contributed by atoms with van der Waals surface area (Å²) in [6, 6.07) is 0. The summed E-state index contributed by atoms with van der Waals surface area (Å²) in [5.41, 5.74) is 0. The predicted molar refractivity (Wildman–Crippen MR) is 40.5 cm³/mol. The Morgan fingerprint density at radius 1 is 1.36 bits per heavy atom. The van der Waals surface area contributed by atoms with Gasteiger partial charge in [-0.05, 0) is 6.42 Å². The van der Waals surface area contributed by atoms with Crippen molar-refractivity contribution >= 4 is 0 Å². The molecule has 1 saturated heterocycles. The molecule has 1 heterocycles. The highest BCUT2D eigenvalue weighted by Crippen LogP contribution is 1.97. The lowest BCUT2D eigenvalue weighted by Crippen LogP contribution is -2.37. The van der Waals surface area contributed by atoms with Crippen LogP contribution in [-0.2, 0) is 9.62 Å². The van der Waals surface area contributed by atoms with Gasteiger partial charge in [0.15, 0.2) is 0 Å². The van der Waals surface area contributed by atoms with Crippen molar-refractivity contribution in [1.82, 2.24) is 4.90 Å². The molecule has 0 spiro atoms. The van der Waals surface area contributed by atoms with Gasteiger partial charge in [-0.25, -0.2) is 4.89 Å². The molecule has 0 unspecified atom stereocenters. The van der Waals surface area contributed by atoms with Crippen molar-refractivity contribution in [2.75, 3.05) is 39.5 Å². The molecule has 1 rings (SSSR count). The number of rotatable bonds is 4. The van der Waals surface area contributed by atoms with E-state index in [2.05, 4.69) is 9.79 Å². The molecule has 0 saturated carbocycles. The summed E-state index contributed by atoms with van der Waals surface area (Å²) in [4.78, 5) is 6.28. The van der Waals surface area contributed by atoms with Crippen LogP contribution in [0, 0.1) is 0 Å². The molecule has 1 fully saturated rings. The molecule has 0 amide bonds. The van der Waals surface area contributed by atoms with Crippen molar-refractivity contribution in [2.45, 2.75) is 6.42 Å². The molecule has 66 valence electrons. The third-order valence-corrected chi connectivity index (χ3v) is 1.81. The fourth-order valence-corrected chi connectivity index (χ4v) is 1.18. The minimum atomic E-state index is 0.428. The number of hydrogen-bond donors (Lipinski definition) is 1. The van der Waals surface area contributed by atoms with Crippen molar-refractivity contribution in [3.05, 3.63) is 0 Å². The second-order valence-corrected chi connectivity index (χ2v) is 2.64. The molecule has 1 aliphatic rings. The Morgan fingerprint density at radius 2 is 2.09 bits per heavy atom. The van der Waals surface area contributed by atoms with E-state index in [1.165, 1.54) is 0 Å². The SMILES string of the molecule is OOCCCN1CCOCC1. The van der Waals surface area contributed by atoms with Gasteiger partial charge < -0.3 is 4.74 Å². The Morgan fingerprint density at radius 3 is 2.73 bits per heavy atom. The average molecular weight is 161 g/mol. The zero-order valence-electron chi connectivity index (χ0n) is 6.66. The van der Waals surface area contributed by atoms with Crippen LogP contribution in [0.25, 0.3) is 0 Å². The second kappa shape index (κ2) is 5.49. The number of hydrogen-bond acceptors (Lipinski definition) is 4. The predicted octanol–water partition coefficient (Wildman–Crippen LogP) is 0.198. The first-order valence-corrected chi connectivity index (χ1v) is 4.00. The summed E-state index contributed by atoms with van der Waals surface area (Å²) in [5, 5.41) is 8.05. The van der Waals surface area contributed by atoms with Gasteiger partial charge in [-0.2, -0.15) is 0 Å². The van der Waals surface area contributed by atoms with Gasteiger partial charge in [-0.1, -0.05) is 0 Å². The van der Waals surface area contributed by atoms with Gasteiger partial charge in [0.25, 0.3) is 0 Å². The van der Waals surface area contributed by atoms with Crippen LogP contribution < -0.4 is 0 Å². The van der Waals surface area contributed by atoms with Gasteiger partial charge in [-0.15, -0.1) is 0 Å². The van der Waals surface area contributed by atoms with Crippen LogP contribution in [0.2, 0.25) is 0 Å². The maximum absolute atomic E-state index is 8.05. The van der Waals surface area contributed by atoms with Crippen LogP contribution >= 0.6 is 0 Å². The van der Waals surface area contributed by atoms with E-state index in [0.717, 1.165) is 39.3 Å². The Kier molecular flexibility index (Phi) is 4.45. The van der Waals surface area contributed by atoms with Crippen molar-refractivity contribution in [1.29, 1.82) is 0 Å². The maximum atomic E-state index is 8.05. The Bertz CT molecular complexity index is 93.7. The highest BCUT2D eigenvalue weighted by molar-refractivity contribution is 4.60. The minimum Gasteiger partial charge on any atom is -0.379 e. The van der Waals surface area contributed by atoms with Gasteiger partial charge in [-0.3, -0.25) is 10.2 Å². The number of nitrogens with zero attached hydrogens (tertiary/aromatic N) is 1. The molecule has 11 heavy (non-hydrogen) atoms. The van der Waals surface area contributed by atoms with Crippen LogP contribution in [0.3, 0.4) is 0 Å². The third-order valence-electron chi connectivity index (χ3n) is 1.81. The maximum Gasteiger partial charge on any atom is 0.0831 e. The smallest absolute Gasteiger partial charge is 0.0831 e. The van der Waals surface area contributed by atoms with E-state index >= 15 is 0 Å². The van der Waals surface area contributed by atoms with Crippen LogP contribution in [0.1, 0.15) is 6.42 Å². The summed E-state index contributed by atoms with van der Waals surface area (Å²) < 4.78 is 5.18. The first kappa shape index (κ1) is 8.93. The molecule has 0 aromatic rings. The monoisotopic (exact) mass is 161 g/mol. The molecule has 0 aromatic heterocycles. The van der Waals surface area contributed by atoms with E-state index in [1.54, 1.807) is 0 Å². The van der Waals surface area contributed by atoms with Crippen LogP contribution in [-0.4, -0.2) is 49.6 Å². The molecule has 4 nitrogen and oxygen atoms in total. The molecule has 1 N–H and O–H groups in total. The first-order chi connectivity index (χ1) is 5.43. The quantitative estimate of drug-likeness (QED) is 0.363. The standard InChI is InChI=1S/C7H15NO3/c9-11-5-1-2-8-3-6-10-7-4-8/h9H,1-7H2. The summed E-state index contributed by atoms with van der Waals surface area (Å²) in [5.74, 6) is 0. The van der Waals surface area contributed by atoms with Gasteiger partial charge in [0, 0.05) is 19.6 Å². The Labute approximate surface area is 66.6 Å². The molecular formula is C7H15NO3. The fraction of sp³-hybridized carbons (Fsp3) is 1.00.